The van der Waals surface area contributed by atoms with Gasteiger partial charge in [0.2, 0.25) is 0 Å². The van der Waals surface area contributed by atoms with Gasteiger partial charge in [-0.05, 0) is 56.6 Å². The van der Waals surface area contributed by atoms with E-state index in [-0.39, 0.29) is 5.91 Å². The maximum atomic E-state index is 13.0. The molecule has 1 aromatic carbocycles. The Kier molecular flexibility index (Phi) is 5.60. The van der Waals surface area contributed by atoms with Gasteiger partial charge in [0, 0.05) is 17.6 Å². The molecule has 2 aliphatic carbocycles. The maximum Gasteiger partial charge on any atom is 0.339 e. The van der Waals surface area contributed by atoms with Crippen LogP contribution in [-0.2, 0) is 22.4 Å². The number of hydrogen-bond donors (Lipinski definition) is 1. The quantitative estimate of drug-likeness (QED) is 0.797. The van der Waals surface area contributed by atoms with Crippen molar-refractivity contribution in [3.63, 3.8) is 0 Å². The van der Waals surface area contributed by atoms with Crippen LogP contribution < -0.4 is 5.32 Å². The lowest BCUT2D eigenvalue weighted by molar-refractivity contribution is -0.129. The first-order valence-corrected chi connectivity index (χ1v) is 10.5. The van der Waals surface area contributed by atoms with Gasteiger partial charge in [0.15, 0.2) is 6.10 Å². The third-order valence-corrected chi connectivity index (χ3v) is 6.07. The number of nitrogens with zero attached hydrogens (tertiary/aromatic N) is 1. The highest BCUT2D eigenvalue weighted by Crippen LogP contribution is 2.30. The fourth-order valence-electron chi connectivity index (χ4n) is 4.50. The Hall–Kier alpha value is -2.43. The average Bonchev–Trinajstić information content (AvgIpc) is 3.18. The molecule has 0 spiro atoms. The third-order valence-electron chi connectivity index (χ3n) is 6.07. The van der Waals surface area contributed by atoms with Crippen molar-refractivity contribution < 1.29 is 14.3 Å². The molecule has 0 aliphatic heterocycles. The number of fused-ring (bicyclic) bond motifs is 2. The van der Waals surface area contributed by atoms with Gasteiger partial charge < -0.3 is 10.1 Å². The van der Waals surface area contributed by atoms with Crippen molar-refractivity contribution in [1.29, 1.82) is 0 Å². The molecular formula is C23H28N2O3. The maximum absolute atomic E-state index is 13.0. The monoisotopic (exact) mass is 380 g/mol. The van der Waals surface area contributed by atoms with Gasteiger partial charge in [0.1, 0.15) is 0 Å². The number of rotatable bonds is 5. The molecule has 4 rings (SSSR count). The molecule has 2 aliphatic rings. The van der Waals surface area contributed by atoms with Crippen LogP contribution in [0.25, 0.3) is 10.9 Å². The minimum Gasteiger partial charge on any atom is -0.449 e. The molecule has 148 valence electrons. The fourth-order valence-corrected chi connectivity index (χ4v) is 4.50. The van der Waals surface area contributed by atoms with E-state index in [9.17, 15) is 9.59 Å². The van der Waals surface area contributed by atoms with Gasteiger partial charge in [0.25, 0.3) is 5.91 Å². The van der Waals surface area contributed by atoms with Gasteiger partial charge in [-0.3, -0.25) is 9.78 Å². The number of carbonyl (C=O) groups is 2. The Morgan fingerprint density at radius 3 is 2.75 bits per heavy atom. The van der Waals surface area contributed by atoms with Gasteiger partial charge in [-0.1, -0.05) is 37.5 Å². The van der Waals surface area contributed by atoms with E-state index in [0.29, 0.717) is 18.0 Å². The molecule has 0 unspecified atom stereocenters. The molecule has 1 saturated carbocycles. The highest BCUT2D eigenvalue weighted by Gasteiger charge is 2.27. The Bertz CT molecular complexity index is 887. The average molecular weight is 380 g/mol. The van der Waals surface area contributed by atoms with Crippen LogP contribution in [0.15, 0.2) is 24.3 Å². The van der Waals surface area contributed by atoms with E-state index < -0.39 is 12.1 Å². The lowest BCUT2D eigenvalue weighted by Gasteiger charge is -2.23. The van der Waals surface area contributed by atoms with Crippen LogP contribution in [-0.4, -0.2) is 29.5 Å². The van der Waals surface area contributed by atoms with E-state index in [4.69, 9.17) is 9.72 Å². The number of hydrogen-bond acceptors (Lipinski definition) is 4. The number of esters is 1. The van der Waals surface area contributed by atoms with Crippen molar-refractivity contribution in [2.45, 2.75) is 64.4 Å². The number of ether oxygens (including phenoxy) is 1. The van der Waals surface area contributed by atoms with E-state index in [2.05, 4.69) is 5.32 Å². The number of nitrogens with one attached hydrogen (secondary N) is 1. The standard InChI is InChI=1S/C23H28N2O3/c1-15(22(26)24-14-16-8-3-2-4-9-16)28-23(27)21-17-10-5-6-12-19(17)25-20-13-7-11-18(20)21/h5-6,10,12,15-16H,2-4,7-9,11,13-14H2,1H3,(H,24,26)/t15-/m0/s1. The summed E-state index contributed by atoms with van der Waals surface area (Å²) >= 11 is 0. The van der Waals surface area contributed by atoms with Gasteiger partial charge in [-0.25, -0.2) is 4.79 Å². The normalized spacial score (nSPS) is 17.9. The molecule has 1 atom stereocenters. The van der Waals surface area contributed by atoms with E-state index in [1.54, 1.807) is 6.92 Å². The van der Waals surface area contributed by atoms with Crippen LogP contribution in [0.3, 0.4) is 0 Å². The number of pyridine rings is 1. The third kappa shape index (κ3) is 3.89. The molecule has 1 heterocycles. The Morgan fingerprint density at radius 1 is 1.14 bits per heavy atom. The van der Waals surface area contributed by atoms with Gasteiger partial charge in [-0.15, -0.1) is 0 Å². The summed E-state index contributed by atoms with van der Waals surface area (Å²) in [6, 6.07) is 7.66. The highest BCUT2D eigenvalue weighted by atomic mass is 16.5. The summed E-state index contributed by atoms with van der Waals surface area (Å²) in [5.41, 5.74) is 3.37. The summed E-state index contributed by atoms with van der Waals surface area (Å²) in [6.07, 6.45) is 8.03. The van der Waals surface area contributed by atoms with Crippen molar-refractivity contribution in [2.75, 3.05) is 6.54 Å². The molecule has 0 saturated heterocycles. The van der Waals surface area contributed by atoms with E-state index >= 15 is 0 Å². The number of benzene rings is 1. The molecule has 2 aromatic rings. The summed E-state index contributed by atoms with van der Waals surface area (Å²) < 4.78 is 5.59. The predicted octanol–water partition coefficient (Wildman–Crippen LogP) is 3.97. The Balaban J connectivity index is 1.47. The summed E-state index contributed by atoms with van der Waals surface area (Å²) in [6.45, 7) is 2.33. The number of para-hydroxylation sites is 1. The largest absolute Gasteiger partial charge is 0.449 e. The van der Waals surface area contributed by atoms with E-state index in [1.807, 2.05) is 24.3 Å². The van der Waals surface area contributed by atoms with Crippen molar-refractivity contribution in [1.82, 2.24) is 10.3 Å². The van der Waals surface area contributed by atoms with Crippen LogP contribution >= 0.6 is 0 Å². The van der Waals surface area contributed by atoms with Crippen molar-refractivity contribution >= 4 is 22.8 Å². The molecule has 5 heteroatoms. The van der Waals surface area contributed by atoms with Crippen LogP contribution in [0, 0.1) is 5.92 Å². The smallest absolute Gasteiger partial charge is 0.339 e. The van der Waals surface area contributed by atoms with Crippen LogP contribution in [0.5, 0.6) is 0 Å². The van der Waals surface area contributed by atoms with Gasteiger partial charge >= 0.3 is 5.97 Å². The Labute approximate surface area is 165 Å². The van der Waals surface area contributed by atoms with Crippen molar-refractivity contribution in [3.8, 4) is 0 Å². The minimum atomic E-state index is -0.805. The SMILES string of the molecule is C[C@H](OC(=O)c1c2c(nc3ccccc13)CCC2)C(=O)NCC1CCCCC1. The number of carbonyl (C=O) groups excluding carboxylic acids is 2. The minimum absolute atomic E-state index is 0.214. The molecule has 1 amide bonds. The molecule has 28 heavy (non-hydrogen) atoms. The molecular weight excluding hydrogens is 352 g/mol. The summed E-state index contributed by atoms with van der Waals surface area (Å²) in [7, 11) is 0. The van der Waals surface area contributed by atoms with Gasteiger partial charge in [-0.2, -0.15) is 0 Å². The van der Waals surface area contributed by atoms with Crippen LogP contribution in [0.1, 0.15) is 67.1 Å². The van der Waals surface area contributed by atoms with Crippen molar-refractivity contribution in [2.24, 2.45) is 5.92 Å². The number of aryl methyl sites for hydroxylation is 1. The second kappa shape index (κ2) is 8.29. The van der Waals surface area contributed by atoms with Crippen LogP contribution in [0.2, 0.25) is 0 Å². The van der Waals surface area contributed by atoms with Crippen LogP contribution in [0.4, 0.5) is 0 Å². The number of aromatic nitrogens is 1. The zero-order valence-electron chi connectivity index (χ0n) is 16.5. The lowest BCUT2D eigenvalue weighted by Crippen LogP contribution is -2.38. The molecule has 5 nitrogen and oxygen atoms in total. The summed E-state index contributed by atoms with van der Waals surface area (Å²) in [5.74, 6) is -0.0843. The number of amides is 1. The first kappa shape index (κ1) is 18.9. The van der Waals surface area contributed by atoms with Gasteiger partial charge in [0.05, 0.1) is 11.1 Å². The summed E-state index contributed by atoms with van der Waals surface area (Å²) in [5, 5.41) is 3.78. The zero-order valence-corrected chi connectivity index (χ0v) is 16.5. The second-order valence-electron chi connectivity index (χ2n) is 8.08. The molecule has 1 N–H and O–H groups in total. The molecule has 1 aromatic heterocycles. The first-order valence-electron chi connectivity index (χ1n) is 10.5. The zero-order chi connectivity index (χ0) is 19.5. The summed E-state index contributed by atoms with van der Waals surface area (Å²) in [4.78, 5) is 30.2. The Morgan fingerprint density at radius 2 is 1.93 bits per heavy atom. The predicted molar refractivity (Wildman–Crippen MR) is 108 cm³/mol. The topological polar surface area (TPSA) is 68.3 Å². The fraction of sp³-hybridized carbons (Fsp3) is 0.522. The molecule has 0 radical (unpaired) electrons. The molecule has 1 fully saturated rings. The lowest BCUT2D eigenvalue weighted by atomic mass is 9.89. The highest BCUT2D eigenvalue weighted by molar-refractivity contribution is 6.05. The first-order chi connectivity index (χ1) is 13.6. The van der Waals surface area contributed by atoms with Crippen molar-refractivity contribution in [3.05, 3.63) is 41.1 Å². The molecule has 0 bridgehead atoms. The van der Waals surface area contributed by atoms with E-state index in [1.165, 1.54) is 32.1 Å². The van der Waals surface area contributed by atoms with E-state index in [0.717, 1.165) is 41.4 Å². The second-order valence-corrected chi connectivity index (χ2v) is 8.08.